The minimum Gasteiger partial charge on any atom is -0.309 e. The van der Waals surface area contributed by atoms with Crippen molar-refractivity contribution in [3.05, 3.63) is 69.0 Å². The van der Waals surface area contributed by atoms with E-state index in [1.54, 1.807) is 6.07 Å². The van der Waals surface area contributed by atoms with E-state index in [9.17, 15) is 4.39 Å². The molecule has 2 rings (SSSR count). The van der Waals surface area contributed by atoms with Crippen LogP contribution in [0.4, 0.5) is 4.39 Å². The molecule has 2 aromatic rings. The van der Waals surface area contributed by atoms with E-state index in [1.165, 1.54) is 22.3 Å². The highest BCUT2D eigenvalue weighted by Gasteiger charge is 2.22. The number of hydrogen-bond acceptors (Lipinski definition) is 1. The van der Waals surface area contributed by atoms with Gasteiger partial charge >= 0.3 is 0 Å². The predicted octanol–water partition coefficient (Wildman–Crippen LogP) is 4.68. The second kappa shape index (κ2) is 5.98. The highest BCUT2D eigenvalue weighted by atomic mass is 19.1. The van der Waals surface area contributed by atoms with E-state index in [2.05, 4.69) is 38.2 Å². The summed E-state index contributed by atoms with van der Waals surface area (Å²) >= 11 is 0. The molecule has 0 aliphatic heterocycles. The first-order valence-electron chi connectivity index (χ1n) is 7.36. The lowest BCUT2D eigenvalue weighted by molar-refractivity contribution is 0.570. The van der Waals surface area contributed by atoms with Gasteiger partial charge in [0.25, 0.3) is 0 Å². The molecule has 0 heterocycles. The topological polar surface area (TPSA) is 12.0 Å². The Morgan fingerprint density at radius 2 is 1.19 bits per heavy atom. The van der Waals surface area contributed by atoms with Crippen molar-refractivity contribution in [2.75, 3.05) is 7.05 Å². The van der Waals surface area contributed by atoms with Gasteiger partial charge in [-0.2, -0.15) is 0 Å². The molecule has 112 valence electrons. The molecule has 0 aromatic heterocycles. The lowest BCUT2D eigenvalue weighted by atomic mass is 9.87. The second-order valence-corrected chi connectivity index (χ2v) is 6.01. The third kappa shape index (κ3) is 3.01. The summed E-state index contributed by atoms with van der Waals surface area (Å²) in [5, 5.41) is 3.30. The number of halogens is 1. The van der Waals surface area contributed by atoms with Crippen LogP contribution in [0.3, 0.4) is 0 Å². The Balaban J connectivity index is 2.66. The molecular weight excluding hydrogens is 261 g/mol. The molecule has 2 aromatic carbocycles. The molecule has 1 atom stereocenters. The Morgan fingerprint density at radius 3 is 1.62 bits per heavy atom. The van der Waals surface area contributed by atoms with E-state index in [0.717, 1.165) is 16.7 Å². The van der Waals surface area contributed by atoms with Crippen molar-refractivity contribution in [3.8, 4) is 0 Å². The lowest BCUT2D eigenvalue weighted by Crippen LogP contribution is -2.22. The van der Waals surface area contributed by atoms with Crippen LogP contribution in [0.15, 0.2) is 24.3 Å². The zero-order valence-electron chi connectivity index (χ0n) is 13.8. The Morgan fingerprint density at radius 1 is 0.762 bits per heavy atom. The molecule has 21 heavy (non-hydrogen) atoms. The van der Waals surface area contributed by atoms with Crippen molar-refractivity contribution in [1.82, 2.24) is 5.32 Å². The minimum atomic E-state index is -0.133. The van der Waals surface area contributed by atoms with Crippen LogP contribution in [0.25, 0.3) is 0 Å². The van der Waals surface area contributed by atoms with Gasteiger partial charge in [0.2, 0.25) is 0 Å². The highest BCUT2D eigenvalue weighted by Crippen LogP contribution is 2.32. The summed E-state index contributed by atoms with van der Waals surface area (Å²) in [6.45, 7) is 10.2. The molecule has 0 fully saturated rings. The molecular formula is C19H24FN. The van der Waals surface area contributed by atoms with E-state index in [1.807, 2.05) is 27.0 Å². The zero-order chi connectivity index (χ0) is 15.7. The predicted molar refractivity (Wildman–Crippen MR) is 87.4 cm³/mol. The first-order chi connectivity index (χ1) is 9.85. The van der Waals surface area contributed by atoms with E-state index >= 15 is 0 Å². The lowest BCUT2D eigenvalue weighted by Gasteiger charge is -2.24. The van der Waals surface area contributed by atoms with E-state index in [0.29, 0.717) is 0 Å². The summed E-state index contributed by atoms with van der Waals surface area (Å²) in [7, 11) is 1.89. The summed E-state index contributed by atoms with van der Waals surface area (Å²) in [6, 6.07) is 7.86. The van der Waals surface area contributed by atoms with E-state index in [-0.39, 0.29) is 11.9 Å². The van der Waals surface area contributed by atoms with E-state index in [4.69, 9.17) is 0 Å². The van der Waals surface area contributed by atoms with Crippen molar-refractivity contribution in [2.45, 2.75) is 40.7 Å². The molecule has 0 saturated carbocycles. The average molecular weight is 285 g/mol. The highest BCUT2D eigenvalue weighted by molar-refractivity contribution is 5.47. The van der Waals surface area contributed by atoms with Crippen LogP contribution in [-0.2, 0) is 0 Å². The summed E-state index contributed by atoms with van der Waals surface area (Å²) in [4.78, 5) is 0. The fourth-order valence-electron chi connectivity index (χ4n) is 3.37. The Labute approximate surface area is 127 Å². The van der Waals surface area contributed by atoms with Crippen LogP contribution < -0.4 is 5.32 Å². The number of aryl methyl sites for hydroxylation is 5. The van der Waals surface area contributed by atoms with Gasteiger partial charge in [0, 0.05) is 5.56 Å². The van der Waals surface area contributed by atoms with Gasteiger partial charge in [-0.15, -0.1) is 0 Å². The number of hydrogen-bond donors (Lipinski definition) is 1. The smallest absolute Gasteiger partial charge is 0.128 e. The SMILES string of the molecule is CNC(c1c(C)cc(C)cc1C)c1c(C)cc(C)cc1F. The molecule has 1 N–H and O–H groups in total. The second-order valence-electron chi connectivity index (χ2n) is 6.01. The standard InChI is InChI=1S/C19H24FN/c1-11-7-13(3)17(14(4)8-11)19(21-6)18-15(5)9-12(2)10-16(18)20/h7-10,19,21H,1-6H3. The first kappa shape index (κ1) is 15.7. The van der Waals surface area contributed by atoms with Gasteiger partial charge in [-0.25, -0.2) is 4.39 Å². The molecule has 0 aliphatic carbocycles. The summed E-state index contributed by atoms with van der Waals surface area (Å²) in [5.74, 6) is -0.133. The van der Waals surface area contributed by atoms with Gasteiger partial charge in [-0.1, -0.05) is 23.8 Å². The first-order valence-corrected chi connectivity index (χ1v) is 7.36. The summed E-state index contributed by atoms with van der Waals surface area (Å²) < 4.78 is 14.5. The molecule has 0 aliphatic rings. The van der Waals surface area contributed by atoms with Crippen molar-refractivity contribution in [3.63, 3.8) is 0 Å². The molecule has 0 amide bonds. The van der Waals surface area contributed by atoms with Crippen molar-refractivity contribution in [2.24, 2.45) is 0 Å². The van der Waals surface area contributed by atoms with Gasteiger partial charge in [0.15, 0.2) is 0 Å². The van der Waals surface area contributed by atoms with E-state index < -0.39 is 0 Å². The molecule has 0 saturated heterocycles. The van der Waals surface area contributed by atoms with Gasteiger partial charge in [0.1, 0.15) is 5.82 Å². The fraction of sp³-hybridized carbons (Fsp3) is 0.368. The normalized spacial score (nSPS) is 12.5. The van der Waals surface area contributed by atoms with Crippen molar-refractivity contribution < 1.29 is 4.39 Å². The largest absolute Gasteiger partial charge is 0.309 e. The Bertz CT molecular complexity index is 570. The molecule has 0 spiro atoms. The Hall–Kier alpha value is -1.67. The molecule has 0 radical (unpaired) electrons. The number of rotatable bonds is 3. The quantitative estimate of drug-likeness (QED) is 0.863. The van der Waals surface area contributed by atoms with Gasteiger partial charge in [-0.3, -0.25) is 0 Å². The summed E-state index contributed by atoms with van der Waals surface area (Å²) in [6.07, 6.45) is 0. The van der Waals surface area contributed by atoms with Crippen LogP contribution in [0.1, 0.15) is 45.0 Å². The summed E-state index contributed by atoms with van der Waals surface area (Å²) in [5.41, 5.74) is 7.52. The molecule has 0 bridgehead atoms. The molecule has 2 heteroatoms. The van der Waals surface area contributed by atoms with Gasteiger partial charge in [-0.05, 0) is 75.5 Å². The van der Waals surface area contributed by atoms with Crippen LogP contribution >= 0.6 is 0 Å². The Kier molecular flexibility index (Phi) is 4.48. The fourth-order valence-corrected chi connectivity index (χ4v) is 3.37. The number of benzene rings is 2. The average Bonchev–Trinajstić information content (AvgIpc) is 2.34. The zero-order valence-corrected chi connectivity index (χ0v) is 13.8. The van der Waals surface area contributed by atoms with Crippen LogP contribution in [0, 0.1) is 40.4 Å². The third-order valence-electron chi connectivity index (χ3n) is 4.08. The van der Waals surface area contributed by atoms with Crippen LogP contribution in [0.2, 0.25) is 0 Å². The number of nitrogens with one attached hydrogen (secondary N) is 1. The monoisotopic (exact) mass is 285 g/mol. The van der Waals surface area contributed by atoms with Crippen molar-refractivity contribution >= 4 is 0 Å². The van der Waals surface area contributed by atoms with Gasteiger partial charge < -0.3 is 5.32 Å². The third-order valence-corrected chi connectivity index (χ3v) is 4.08. The van der Waals surface area contributed by atoms with Crippen molar-refractivity contribution in [1.29, 1.82) is 0 Å². The van der Waals surface area contributed by atoms with Gasteiger partial charge in [0.05, 0.1) is 6.04 Å². The van der Waals surface area contributed by atoms with Crippen LogP contribution in [0.5, 0.6) is 0 Å². The minimum absolute atomic E-state index is 0.119. The maximum atomic E-state index is 14.5. The molecule has 1 nitrogen and oxygen atoms in total. The molecule has 1 unspecified atom stereocenters. The maximum absolute atomic E-state index is 14.5. The van der Waals surface area contributed by atoms with Crippen LogP contribution in [-0.4, -0.2) is 7.05 Å². The maximum Gasteiger partial charge on any atom is 0.128 e.